The van der Waals surface area contributed by atoms with Crippen molar-refractivity contribution in [3.05, 3.63) is 82.9 Å². The van der Waals surface area contributed by atoms with Crippen molar-refractivity contribution >= 4 is 5.91 Å². The number of fused-ring (bicyclic) bond motifs is 1. The number of benzene rings is 3. The topological polar surface area (TPSA) is 79.2 Å². The van der Waals surface area contributed by atoms with Crippen LogP contribution in [0.1, 0.15) is 27.0 Å². The lowest BCUT2D eigenvalue weighted by Crippen LogP contribution is -2.36. The molecule has 0 fully saturated rings. The molecule has 4 rings (SSSR count). The van der Waals surface area contributed by atoms with E-state index in [1.165, 1.54) is 11.6 Å². The molecule has 154 valence electrons. The third kappa shape index (κ3) is 4.03. The minimum absolute atomic E-state index is 0.0510. The zero-order valence-electron chi connectivity index (χ0n) is 16.7. The zero-order valence-corrected chi connectivity index (χ0v) is 16.7. The molecule has 6 heteroatoms. The number of carbonyl (C=O) groups is 1. The van der Waals surface area contributed by atoms with Crippen molar-refractivity contribution in [3.8, 4) is 23.0 Å². The van der Waals surface area contributed by atoms with Gasteiger partial charge in [0.05, 0.1) is 7.11 Å². The molecule has 0 saturated heterocycles. The molecule has 1 amide bonds. The molecule has 0 spiro atoms. The number of amides is 1. The summed E-state index contributed by atoms with van der Waals surface area (Å²) in [5, 5.41) is 20.4. The van der Waals surface area contributed by atoms with Gasteiger partial charge in [0.1, 0.15) is 35.2 Å². The van der Waals surface area contributed by atoms with Crippen molar-refractivity contribution < 1.29 is 24.5 Å². The maximum absolute atomic E-state index is 13.3. The highest BCUT2D eigenvalue weighted by atomic mass is 16.5. The van der Waals surface area contributed by atoms with E-state index >= 15 is 0 Å². The minimum Gasteiger partial charge on any atom is -0.508 e. The second-order valence-electron chi connectivity index (χ2n) is 7.22. The Kier molecular flexibility index (Phi) is 5.48. The first kappa shape index (κ1) is 19.6. The van der Waals surface area contributed by atoms with E-state index in [9.17, 15) is 15.0 Å². The van der Waals surface area contributed by atoms with E-state index in [0.29, 0.717) is 19.5 Å². The molecule has 0 aromatic heterocycles. The number of carbonyl (C=O) groups excluding carboxylic acids is 1. The highest BCUT2D eigenvalue weighted by molar-refractivity contribution is 6.00. The van der Waals surface area contributed by atoms with Crippen molar-refractivity contribution in [1.82, 2.24) is 4.90 Å². The smallest absolute Gasteiger partial charge is 0.261 e. The van der Waals surface area contributed by atoms with Crippen molar-refractivity contribution in [1.29, 1.82) is 0 Å². The lowest BCUT2D eigenvalue weighted by atomic mass is 9.98. The Balaban J connectivity index is 1.60. The number of methoxy groups -OCH3 is 1. The number of hydrogen-bond acceptors (Lipinski definition) is 5. The van der Waals surface area contributed by atoms with Crippen molar-refractivity contribution in [2.24, 2.45) is 0 Å². The van der Waals surface area contributed by atoms with E-state index in [1.54, 1.807) is 12.0 Å². The third-order valence-electron chi connectivity index (χ3n) is 5.23. The standard InChI is InChI=1S/C24H23NO5/c1-29-20-8-7-17-9-10-25(14-18(17)11-20)24(28)23-21(27)12-19(26)13-22(23)30-15-16-5-3-2-4-6-16/h2-8,11-13,26-27H,9-10,14-15H2,1H3. The Morgan fingerprint density at radius 1 is 1.03 bits per heavy atom. The summed E-state index contributed by atoms with van der Waals surface area (Å²) >= 11 is 0. The number of hydrogen-bond donors (Lipinski definition) is 2. The van der Waals surface area contributed by atoms with E-state index in [2.05, 4.69) is 0 Å². The van der Waals surface area contributed by atoms with Crippen molar-refractivity contribution in [2.45, 2.75) is 19.6 Å². The van der Waals surface area contributed by atoms with Crippen LogP contribution in [0.15, 0.2) is 60.7 Å². The normalized spacial score (nSPS) is 12.9. The van der Waals surface area contributed by atoms with Gasteiger partial charge in [-0.2, -0.15) is 0 Å². The summed E-state index contributed by atoms with van der Waals surface area (Å²) in [6, 6.07) is 17.9. The number of ether oxygens (including phenoxy) is 2. The van der Waals surface area contributed by atoms with Gasteiger partial charge in [-0.3, -0.25) is 4.79 Å². The molecular weight excluding hydrogens is 382 g/mol. The number of rotatable bonds is 5. The van der Waals surface area contributed by atoms with Gasteiger partial charge in [-0.05, 0) is 35.2 Å². The monoisotopic (exact) mass is 405 g/mol. The van der Waals surface area contributed by atoms with Gasteiger partial charge in [0.2, 0.25) is 0 Å². The first-order valence-electron chi connectivity index (χ1n) is 9.73. The molecule has 0 unspecified atom stereocenters. The van der Waals surface area contributed by atoms with E-state index in [1.807, 2.05) is 48.5 Å². The Labute approximate surface area is 174 Å². The van der Waals surface area contributed by atoms with Crippen LogP contribution < -0.4 is 9.47 Å². The predicted octanol–water partition coefficient (Wildman–Crippen LogP) is 3.88. The summed E-state index contributed by atoms with van der Waals surface area (Å²) in [5.74, 6) is 0.0737. The summed E-state index contributed by atoms with van der Waals surface area (Å²) in [6.07, 6.45) is 0.712. The molecule has 0 saturated carbocycles. The molecule has 30 heavy (non-hydrogen) atoms. The summed E-state index contributed by atoms with van der Waals surface area (Å²) in [7, 11) is 1.61. The zero-order chi connectivity index (χ0) is 21.1. The average Bonchev–Trinajstić information content (AvgIpc) is 2.76. The van der Waals surface area contributed by atoms with Crippen LogP contribution in [-0.4, -0.2) is 34.7 Å². The second-order valence-corrected chi connectivity index (χ2v) is 7.22. The fourth-order valence-corrected chi connectivity index (χ4v) is 3.64. The third-order valence-corrected chi connectivity index (χ3v) is 5.23. The van der Waals surface area contributed by atoms with Gasteiger partial charge in [-0.25, -0.2) is 0 Å². The molecule has 1 heterocycles. The molecule has 0 atom stereocenters. The molecule has 6 nitrogen and oxygen atoms in total. The average molecular weight is 405 g/mol. The predicted molar refractivity (Wildman–Crippen MR) is 112 cm³/mol. The van der Waals surface area contributed by atoms with E-state index < -0.39 is 0 Å². The molecule has 1 aliphatic rings. The van der Waals surface area contributed by atoms with Gasteiger partial charge < -0.3 is 24.6 Å². The van der Waals surface area contributed by atoms with Crippen molar-refractivity contribution in [2.75, 3.05) is 13.7 Å². The molecular formula is C24H23NO5. The Morgan fingerprint density at radius 2 is 1.83 bits per heavy atom. The highest BCUT2D eigenvalue weighted by Crippen LogP contribution is 2.35. The van der Waals surface area contributed by atoms with Crippen LogP contribution in [0.4, 0.5) is 0 Å². The fourth-order valence-electron chi connectivity index (χ4n) is 3.64. The summed E-state index contributed by atoms with van der Waals surface area (Å²) in [5.41, 5.74) is 3.15. The maximum atomic E-state index is 13.3. The molecule has 0 radical (unpaired) electrons. The Bertz CT molecular complexity index is 1060. The van der Waals surface area contributed by atoms with Gasteiger partial charge in [-0.15, -0.1) is 0 Å². The first-order valence-corrected chi connectivity index (χ1v) is 9.73. The molecule has 1 aliphatic heterocycles. The number of nitrogens with zero attached hydrogens (tertiary/aromatic N) is 1. The maximum Gasteiger partial charge on any atom is 0.261 e. The number of aromatic hydroxyl groups is 2. The molecule has 3 aromatic rings. The van der Waals surface area contributed by atoms with E-state index in [4.69, 9.17) is 9.47 Å². The van der Waals surface area contributed by atoms with Crippen molar-refractivity contribution in [3.63, 3.8) is 0 Å². The Morgan fingerprint density at radius 3 is 2.60 bits per heavy atom. The van der Waals surface area contributed by atoms with Gasteiger partial charge >= 0.3 is 0 Å². The van der Waals surface area contributed by atoms with Gasteiger partial charge in [0, 0.05) is 25.2 Å². The van der Waals surface area contributed by atoms with E-state index in [-0.39, 0.29) is 35.3 Å². The van der Waals surface area contributed by atoms with Crippen LogP contribution >= 0.6 is 0 Å². The van der Waals surface area contributed by atoms with Gasteiger partial charge in [0.15, 0.2) is 0 Å². The highest BCUT2D eigenvalue weighted by Gasteiger charge is 2.27. The quantitative estimate of drug-likeness (QED) is 0.673. The number of phenolic OH excluding ortho intramolecular Hbond substituents is 2. The lowest BCUT2D eigenvalue weighted by molar-refractivity contribution is 0.0726. The summed E-state index contributed by atoms with van der Waals surface area (Å²) < 4.78 is 11.1. The first-order chi connectivity index (χ1) is 14.5. The minimum atomic E-state index is -0.343. The molecule has 2 N–H and O–H groups in total. The number of phenols is 2. The fraction of sp³-hybridized carbons (Fsp3) is 0.208. The van der Waals surface area contributed by atoms with Crippen LogP contribution in [0.3, 0.4) is 0 Å². The SMILES string of the molecule is COc1ccc2c(c1)CN(C(=O)c1c(O)cc(O)cc1OCc1ccccc1)CC2. The van der Waals surface area contributed by atoms with Crippen LogP contribution in [0, 0.1) is 0 Å². The van der Waals surface area contributed by atoms with Gasteiger partial charge in [-0.1, -0.05) is 36.4 Å². The van der Waals surface area contributed by atoms with Gasteiger partial charge in [0.25, 0.3) is 5.91 Å². The molecule has 3 aromatic carbocycles. The van der Waals surface area contributed by atoms with Crippen LogP contribution in [-0.2, 0) is 19.6 Å². The summed E-state index contributed by atoms with van der Waals surface area (Å²) in [4.78, 5) is 15.0. The Hall–Kier alpha value is -3.67. The molecule has 0 bridgehead atoms. The lowest BCUT2D eigenvalue weighted by Gasteiger charge is -2.30. The molecule has 0 aliphatic carbocycles. The van der Waals surface area contributed by atoms with E-state index in [0.717, 1.165) is 22.9 Å². The largest absolute Gasteiger partial charge is 0.508 e. The summed E-state index contributed by atoms with van der Waals surface area (Å²) in [6.45, 7) is 1.14. The van der Waals surface area contributed by atoms with Crippen LogP contribution in [0.5, 0.6) is 23.0 Å². The van der Waals surface area contributed by atoms with Crippen LogP contribution in [0.25, 0.3) is 0 Å². The second kappa shape index (κ2) is 8.37. The van der Waals surface area contributed by atoms with Crippen LogP contribution in [0.2, 0.25) is 0 Å².